The average molecular weight is 324 g/mol. The Morgan fingerprint density at radius 2 is 2.04 bits per heavy atom. The normalized spacial score (nSPS) is 10.8. The third kappa shape index (κ3) is 3.26. The number of fused-ring (bicyclic) bond motifs is 1. The lowest BCUT2D eigenvalue weighted by Crippen LogP contribution is -2.13. The number of ether oxygens (including phenoxy) is 1. The van der Waals surface area contributed by atoms with E-state index in [0.717, 1.165) is 27.8 Å². The van der Waals surface area contributed by atoms with E-state index in [-0.39, 0.29) is 12.5 Å². The summed E-state index contributed by atoms with van der Waals surface area (Å²) in [6, 6.07) is 13.0. The fourth-order valence-electron chi connectivity index (χ4n) is 2.58. The van der Waals surface area contributed by atoms with Gasteiger partial charge in [-0.3, -0.25) is 4.79 Å². The van der Waals surface area contributed by atoms with Gasteiger partial charge in [0, 0.05) is 22.7 Å². The van der Waals surface area contributed by atoms with Crippen LogP contribution in [0.3, 0.4) is 0 Å². The number of anilines is 1. The van der Waals surface area contributed by atoms with Crippen molar-refractivity contribution in [2.75, 3.05) is 11.9 Å². The molecule has 0 aliphatic rings. The second kappa shape index (κ2) is 6.76. The summed E-state index contributed by atoms with van der Waals surface area (Å²) in [6.45, 7) is 4.38. The van der Waals surface area contributed by atoms with Crippen LogP contribution in [0.4, 0.5) is 5.69 Å². The molecule has 0 aliphatic carbocycles. The monoisotopic (exact) mass is 324 g/mol. The molecule has 5 nitrogen and oxygen atoms in total. The number of carbonyl (C=O) groups excluding carboxylic acids is 1. The van der Waals surface area contributed by atoms with Crippen molar-refractivity contribution >= 4 is 22.5 Å². The zero-order valence-electron chi connectivity index (χ0n) is 13.7. The number of aromatic nitrogens is 1. The highest BCUT2D eigenvalue weighted by molar-refractivity contribution is 6.06. The predicted octanol–water partition coefficient (Wildman–Crippen LogP) is 3.62. The van der Waals surface area contributed by atoms with Crippen LogP contribution in [-0.4, -0.2) is 22.6 Å². The molecular formula is C19H20N2O3. The molecular weight excluding hydrogens is 304 g/mol. The van der Waals surface area contributed by atoms with Gasteiger partial charge >= 0.3 is 0 Å². The van der Waals surface area contributed by atoms with Crippen LogP contribution in [-0.2, 0) is 6.61 Å². The van der Waals surface area contributed by atoms with Gasteiger partial charge in [0.25, 0.3) is 5.91 Å². The third-order valence-electron chi connectivity index (χ3n) is 3.88. The number of hydrogen-bond acceptors (Lipinski definition) is 3. The Kier molecular flexibility index (Phi) is 4.53. The molecule has 1 heterocycles. The summed E-state index contributed by atoms with van der Waals surface area (Å²) in [5.74, 6) is 0.549. The number of H-pyrrole nitrogens is 1. The molecule has 24 heavy (non-hydrogen) atoms. The molecule has 1 aromatic heterocycles. The van der Waals surface area contributed by atoms with Gasteiger partial charge in [0.15, 0.2) is 0 Å². The molecule has 3 N–H and O–H groups in total. The average Bonchev–Trinajstić information content (AvgIpc) is 3.00. The Hall–Kier alpha value is -2.79. The summed E-state index contributed by atoms with van der Waals surface area (Å²) in [5.41, 5.74) is 3.73. The van der Waals surface area contributed by atoms with Gasteiger partial charge in [-0.2, -0.15) is 0 Å². The van der Waals surface area contributed by atoms with Crippen LogP contribution in [0.2, 0.25) is 0 Å². The first-order valence-corrected chi connectivity index (χ1v) is 7.88. The molecule has 0 saturated heterocycles. The highest BCUT2D eigenvalue weighted by Gasteiger charge is 2.12. The van der Waals surface area contributed by atoms with E-state index in [2.05, 4.69) is 10.3 Å². The molecule has 5 heteroatoms. The minimum Gasteiger partial charge on any atom is -0.494 e. The molecule has 0 atom stereocenters. The lowest BCUT2D eigenvalue weighted by molar-refractivity contribution is 0.102. The number of amides is 1. The molecule has 124 valence electrons. The third-order valence-corrected chi connectivity index (χ3v) is 3.88. The lowest BCUT2D eigenvalue weighted by Gasteiger charge is -2.09. The quantitative estimate of drug-likeness (QED) is 0.671. The number of rotatable bonds is 5. The zero-order chi connectivity index (χ0) is 17.1. The predicted molar refractivity (Wildman–Crippen MR) is 94.5 cm³/mol. The van der Waals surface area contributed by atoms with E-state index in [4.69, 9.17) is 4.74 Å². The Bertz CT molecular complexity index is 883. The van der Waals surface area contributed by atoms with Gasteiger partial charge < -0.3 is 20.1 Å². The number of aromatic amines is 1. The molecule has 0 unspecified atom stereocenters. The number of aryl methyl sites for hydroxylation is 1. The van der Waals surface area contributed by atoms with Crippen molar-refractivity contribution in [3.8, 4) is 5.75 Å². The Morgan fingerprint density at radius 1 is 1.21 bits per heavy atom. The molecule has 0 spiro atoms. The van der Waals surface area contributed by atoms with Crippen molar-refractivity contribution < 1.29 is 14.6 Å². The number of carbonyl (C=O) groups is 1. The van der Waals surface area contributed by atoms with Gasteiger partial charge in [-0.25, -0.2) is 0 Å². The first-order chi connectivity index (χ1) is 11.6. The van der Waals surface area contributed by atoms with Crippen LogP contribution in [0.25, 0.3) is 10.9 Å². The van der Waals surface area contributed by atoms with E-state index in [0.29, 0.717) is 18.0 Å². The maximum Gasteiger partial charge on any atom is 0.272 e. The first-order valence-electron chi connectivity index (χ1n) is 7.88. The van der Waals surface area contributed by atoms with E-state index in [1.807, 2.05) is 50.2 Å². The van der Waals surface area contributed by atoms with Crippen LogP contribution in [0, 0.1) is 6.92 Å². The Labute approximate surface area is 140 Å². The fourth-order valence-corrected chi connectivity index (χ4v) is 2.58. The van der Waals surface area contributed by atoms with Crippen molar-refractivity contribution in [1.29, 1.82) is 0 Å². The highest BCUT2D eigenvalue weighted by Crippen LogP contribution is 2.23. The van der Waals surface area contributed by atoms with Gasteiger partial charge in [0.1, 0.15) is 11.4 Å². The van der Waals surface area contributed by atoms with Crippen molar-refractivity contribution in [3.05, 3.63) is 59.3 Å². The van der Waals surface area contributed by atoms with E-state index in [1.54, 1.807) is 6.07 Å². The van der Waals surface area contributed by atoms with Gasteiger partial charge in [-0.05, 0) is 49.2 Å². The van der Waals surface area contributed by atoms with Crippen LogP contribution in [0.15, 0.2) is 42.5 Å². The van der Waals surface area contributed by atoms with E-state index in [1.165, 1.54) is 0 Å². The number of hydrogen-bond donors (Lipinski definition) is 3. The van der Waals surface area contributed by atoms with Crippen molar-refractivity contribution in [2.24, 2.45) is 0 Å². The maximum atomic E-state index is 12.5. The van der Waals surface area contributed by atoms with Gasteiger partial charge in [0.2, 0.25) is 0 Å². The summed E-state index contributed by atoms with van der Waals surface area (Å²) < 4.78 is 5.48. The molecule has 3 aromatic rings. The van der Waals surface area contributed by atoms with Crippen LogP contribution < -0.4 is 10.1 Å². The molecule has 0 aliphatic heterocycles. The molecule has 2 aromatic carbocycles. The topological polar surface area (TPSA) is 74.3 Å². The van der Waals surface area contributed by atoms with Crippen LogP contribution >= 0.6 is 0 Å². The van der Waals surface area contributed by atoms with E-state index in [9.17, 15) is 9.90 Å². The van der Waals surface area contributed by atoms with Crippen LogP contribution in [0.5, 0.6) is 5.75 Å². The largest absolute Gasteiger partial charge is 0.494 e. The highest BCUT2D eigenvalue weighted by atomic mass is 16.5. The SMILES string of the molecule is CCOc1ccc2cc(C(=O)Nc3cc(CO)ccc3C)[nH]c2c1. The van der Waals surface area contributed by atoms with Gasteiger partial charge in [-0.1, -0.05) is 12.1 Å². The molecule has 0 saturated carbocycles. The second-order valence-electron chi connectivity index (χ2n) is 5.63. The van der Waals surface area contributed by atoms with E-state index >= 15 is 0 Å². The number of nitrogens with one attached hydrogen (secondary N) is 2. The van der Waals surface area contributed by atoms with Gasteiger partial charge in [0.05, 0.1) is 13.2 Å². The molecule has 0 bridgehead atoms. The number of aliphatic hydroxyl groups is 1. The molecule has 1 amide bonds. The van der Waals surface area contributed by atoms with Crippen LogP contribution in [0.1, 0.15) is 28.5 Å². The summed E-state index contributed by atoms with van der Waals surface area (Å²) >= 11 is 0. The first kappa shape index (κ1) is 16.1. The molecule has 3 rings (SSSR count). The fraction of sp³-hybridized carbons (Fsp3) is 0.211. The minimum atomic E-state index is -0.220. The smallest absolute Gasteiger partial charge is 0.272 e. The summed E-state index contributed by atoms with van der Waals surface area (Å²) in [4.78, 5) is 15.6. The van der Waals surface area contributed by atoms with Gasteiger partial charge in [-0.15, -0.1) is 0 Å². The summed E-state index contributed by atoms with van der Waals surface area (Å²) in [7, 11) is 0. The maximum absolute atomic E-state index is 12.5. The zero-order valence-corrected chi connectivity index (χ0v) is 13.7. The number of aliphatic hydroxyl groups excluding tert-OH is 1. The Balaban J connectivity index is 1.86. The molecule has 0 fully saturated rings. The second-order valence-corrected chi connectivity index (χ2v) is 5.63. The Morgan fingerprint density at radius 3 is 2.79 bits per heavy atom. The van der Waals surface area contributed by atoms with Crippen molar-refractivity contribution in [3.63, 3.8) is 0 Å². The number of benzene rings is 2. The molecule has 0 radical (unpaired) electrons. The summed E-state index contributed by atoms with van der Waals surface area (Å²) in [6.07, 6.45) is 0. The minimum absolute atomic E-state index is 0.0598. The lowest BCUT2D eigenvalue weighted by atomic mass is 10.1. The van der Waals surface area contributed by atoms with Crippen molar-refractivity contribution in [1.82, 2.24) is 4.98 Å². The van der Waals surface area contributed by atoms with Crippen molar-refractivity contribution in [2.45, 2.75) is 20.5 Å². The van der Waals surface area contributed by atoms with E-state index < -0.39 is 0 Å². The standard InChI is InChI=1S/C19H20N2O3/c1-3-24-15-7-6-14-9-18(20-17(14)10-15)19(23)21-16-8-13(11-22)5-4-12(16)2/h4-10,20,22H,3,11H2,1-2H3,(H,21,23). The summed E-state index contributed by atoms with van der Waals surface area (Å²) in [5, 5.41) is 13.1.